The van der Waals surface area contributed by atoms with Gasteiger partial charge in [0.2, 0.25) is 11.8 Å². The zero-order valence-corrected chi connectivity index (χ0v) is 25.4. The number of nitrogens with zero attached hydrogens (tertiary/aromatic N) is 4. The van der Waals surface area contributed by atoms with Gasteiger partial charge in [-0.1, -0.05) is 18.2 Å². The number of aromatic nitrogens is 1. The predicted octanol–water partition coefficient (Wildman–Crippen LogP) is 3.29. The first-order valence-electron chi connectivity index (χ1n) is 15.2. The van der Waals surface area contributed by atoms with Crippen LogP contribution in [0.15, 0.2) is 48.7 Å². The molecule has 1 atom stereocenters. The van der Waals surface area contributed by atoms with Crippen molar-refractivity contribution in [1.29, 1.82) is 0 Å². The van der Waals surface area contributed by atoms with Crippen LogP contribution < -0.4 is 24.4 Å². The summed E-state index contributed by atoms with van der Waals surface area (Å²) in [7, 11) is 1.57. The summed E-state index contributed by atoms with van der Waals surface area (Å²) >= 11 is 0. The van der Waals surface area contributed by atoms with Crippen molar-refractivity contribution in [1.82, 2.24) is 20.1 Å². The lowest BCUT2D eigenvalue weighted by Gasteiger charge is -2.36. The maximum absolute atomic E-state index is 15.2. The predicted molar refractivity (Wildman–Crippen MR) is 163 cm³/mol. The summed E-state index contributed by atoms with van der Waals surface area (Å²) in [6.07, 6.45) is 2.26. The van der Waals surface area contributed by atoms with E-state index in [1.54, 1.807) is 37.6 Å². The number of carbonyl (C=O) groups excluding carboxylic acids is 3. The highest BCUT2D eigenvalue weighted by Gasteiger charge is 2.40. The van der Waals surface area contributed by atoms with Gasteiger partial charge in [-0.15, -0.1) is 0 Å². The first-order valence-corrected chi connectivity index (χ1v) is 15.2. The van der Waals surface area contributed by atoms with E-state index in [4.69, 9.17) is 14.2 Å². The number of benzene rings is 2. The van der Waals surface area contributed by atoms with E-state index in [-0.39, 0.29) is 43.6 Å². The fourth-order valence-electron chi connectivity index (χ4n) is 6.07. The molecule has 0 spiro atoms. The molecule has 3 amide bonds. The molecular formula is C33H36FN5O6. The highest BCUT2D eigenvalue weighted by atomic mass is 19.1. The highest BCUT2D eigenvalue weighted by Crippen LogP contribution is 2.34. The molecule has 2 fully saturated rings. The molecule has 12 heteroatoms. The van der Waals surface area contributed by atoms with Crippen LogP contribution in [0.1, 0.15) is 46.8 Å². The number of nitrogens with one attached hydrogen (secondary N) is 1. The fraction of sp³-hybridized carbons (Fsp3) is 0.394. The van der Waals surface area contributed by atoms with Gasteiger partial charge in [0.25, 0.3) is 11.8 Å². The smallest absolute Gasteiger partial charge is 0.256 e. The Balaban J connectivity index is 1.04. The van der Waals surface area contributed by atoms with Crippen molar-refractivity contribution in [2.75, 3.05) is 44.8 Å². The standard InChI is InChI=1S/C33H36FN5O6/c1-3-44-29-16-23(17-35-32(29)43-2)38-13-11-37(12-14-38)18-22-8-7-21(15-26(22)34)20-45-28-6-4-5-24-25(28)19-39(33(24)42)27-9-10-30(40)36-31(27)41/h4-8,15-17,27H,3,9-14,18-20H2,1-2H3,(H,36,40,41)/t27-/m0/s1. The Bertz CT molecular complexity index is 1610. The van der Waals surface area contributed by atoms with Crippen molar-refractivity contribution in [3.8, 4) is 17.4 Å². The number of hydrogen-bond donors (Lipinski definition) is 1. The van der Waals surface area contributed by atoms with E-state index < -0.39 is 11.9 Å². The van der Waals surface area contributed by atoms with Crippen LogP contribution in [0.25, 0.3) is 0 Å². The van der Waals surface area contributed by atoms with Gasteiger partial charge in [-0.05, 0) is 37.1 Å². The molecule has 236 valence electrons. The SMILES string of the molecule is CCOc1cc(N2CCN(Cc3ccc(COc4cccc5c4CN([C@H]4CCC(=O)NC4=O)C5=O)cc3F)CC2)cnc1OC. The lowest BCUT2D eigenvalue weighted by molar-refractivity contribution is -0.136. The second-order valence-electron chi connectivity index (χ2n) is 11.3. The van der Waals surface area contributed by atoms with E-state index >= 15 is 4.39 Å². The number of fused-ring (bicyclic) bond motifs is 1. The summed E-state index contributed by atoms with van der Waals surface area (Å²) in [5.41, 5.74) is 3.40. The molecule has 4 heterocycles. The van der Waals surface area contributed by atoms with Gasteiger partial charge in [-0.25, -0.2) is 9.37 Å². The number of pyridine rings is 1. The third kappa shape index (κ3) is 6.41. The molecule has 1 N–H and O–H groups in total. The number of amides is 3. The molecular weight excluding hydrogens is 581 g/mol. The summed E-state index contributed by atoms with van der Waals surface area (Å²) in [6.45, 7) is 6.36. The van der Waals surface area contributed by atoms with Crippen LogP contribution in [0.4, 0.5) is 10.1 Å². The van der Waals surface area contributed by atoms with E-state index in [2.05, 4.69) is 20.1 Å². The number of piperidine rings is 1. The third-order valence-electron chi connectivity index (χ3n) is 8.48. The van der Waals surface area contributed by atoms with Crippen LogP contribution in [0, 0.1) is 5.82 Å². The molecule has 45 heavy (non-hydrogen) atoms. The number of imide groups is 1. The van der Waals surface area contributed by atoms with Crippen molar-refractivity contribution in [2.45, 2.75) is 45.5 Å². The molecule has 0 saturated carbocycles. The molecule has 3 aromatic rings. The minimum atomic E-state index is -0.701. The van der Waals surface area contributed by atoms with Crippen LogP contribution in [0.2, 0.25) is 0 Å². The molecule has 0 bridgehead atoms. The number of piperazine rings is 1. The molecule has 3 aliphatic rings. The monoisotopic (exact) mass is 617 g/mol. The normalized spacial score (nSPS) is 18.6. The molecule has 6 rings (SSSR count). The fourth-order valence-corrected chi connectivity index (χ4v) is 6.07. The van der Waals surface area contributed by atoms with Crippen LogP contribution in [-0.4, -0.2) is 78.4 Å². The summed E-state index contributed by atoms with van der Waals surface area (Å²) in [5.74, 6) is 0.239. The van der Waals surface area contributed by atoms with E-state index in [1.807, 2.05) is 19.1 Å². The molecule has 2 saturated heterocycles. The van der Waals surface area contributed by atoms with Gasteiger partial charge in [-0.3, -0.25) is 24.6 Å². The molecule has 11 nitrogen and oxygen atoms in total. The van der Waals surface area contributed by atoms with Crippen LogP contribution in [0.3, 0.4) is 0 Å². The van der Waals surface area contributed by atoms with Gasteiger partial charge in [-0.2, -0.15) is 0 Å². The average Bonchev–Trinajstić information content (AvgIpc) is 3.38. The first-order chi connectivity index (χ1) is 21.8. The van der Waals surface area contributed by atoms with Crippen LogP contribution in [0.5, 0.6) is 17.4 Å². The zero-order valence-electron chi connectivity index (χ0n) is 25.4. The lowest BCUT2D eigenvalue weighted by atomic mass is 10.0. The maximum Gasteiger partial charge on any atom is 0.256 e. The topological polar surface area (TPSA) is 114 Å². The van der Waals surface area contributed by atoms with Gasteiger partial charge < -0.3 is 24.0 Å². The second kappa shape index (κ2) is 13.1. The molecule has 0 unspecified atom stereocenters. The minimum Gasteiger partial charge on any atom is -0.489 e. The lowest BCUT2D eigenvalue weighted by Crippen LogP contribution is -2.52. The molecule has 2 aromatic carbocycles. The van der Waals surface area contributed by atoms with Gasteiger partial charge in [0.05, 0.1) is 32.1 Å². The number of halogens is 1. The number of ether oxygens (including phenoxy) is 3. The van der Waals surface area contributed by atoms with Crippen molar-refractivity contribution in [3.05, 3.63) is 76.7 Å². The summed E-state index contributed by atoms with van der Waals surface area (Å²) in [4.78, 5) is 47.4. The average molecular weight is 618 g/mol. The third-order valence-corrected chi connectivity index (χ3v) is 8.48. The van der Waals surface area contributed by atoms with Crippen molar-refractivity contribution in [2.24, 2.45) is 0 Å². The molecule has 0 radical (unpaired) electrons. The van der Waals surface area contributed by atoms with E-state index in [0.29, 0.717) is 52.8 Å². The number of carbonyl (C=O) groups is 3. The summed E-state index contributed by atoms with van der Waals surface area (Å²) in [5, 5.41) is 2.31. The van der Waals surface area contributed by atoms with E-state index in [1.165, 1.54) is 11.0 Å². The second-order valence-corrected chi connectivity index (χ2v) is 11.3. The number of hydrogen-bond acceptors (Lipinski definition) is 9. The Labute approximate surface area is 260 Å². The van der Waals surface area contributed by atoms with E-state index in [0.717, 1.165) is 31.9 Å². The number of anilines is 1. The maximum atomic E-state index is 15.2. The highest BCUT2D eigenvalue weighted by molar-refractivity contribution is 6.05. The van der Waals surface area contributed by atoms with Gasteiger partial charge in [0.1, 0.15) is 24.2 Å². The largest absolute Gasteiger partial charge is 0.489 e. The molecule has 3 aliphatic heterocycles. The first kappa shape index (κ1) is 30.3. The Morgan fingerprint density at radius 3 is 2.58 bits per heavy atom. The quantitative estimate of drug-likeness (QED) is 0.343. The number of methoxy groups -OCH3 is 1. The van der Waals surface area contributed by atoms with E-state index in [9.17, 15) is 14.4 Å². The zero-order chi connectivity index (χ0) is 31.5. The Hall–Kier alpha value is -4.71. The molecule has 1 aromatic heterocycles. The molecule has 0 aliphatic carbocycles. The van der Waals surface area contributed by atoms with Crippen LogP contribution in [-0.2, 0) is 29.3 Å². The summed E-state index contributed by atoms with van der Waals surface area (Å²) < 4.78 is 32.2. The minimum absolute atomic E-state index is 0.124. The van der Waals surface area contributed by atoms with Crippen molar-refractivity contribution in [3.63, 3.8) is 0 Å². The Morgan fingerprint density at radius 1 is 1.02 bits per heavy atom. The van der Waals surface area contributed by atoms with Crippen molar-refractivity contribution < 1.29 is 33.0 Å². The Morgan fingerprint density at radius 2 is 1.84 bits per heavy atom. The van der Waals surface area contributed by atoms with Gasteiger partial charge >= 0.3 is 0 Å². The van der Waals surface area contributed by atoms with Gasteiger partial charge in [0.15, 0.2) is 5.75 Å². The van der Waals surface area contributed by atoms with Crippen LogP contribution >= 0.6 is 0 Å². The summed E-state index contributed by atoms with van der Waals surface area (Å²) in [6, 6.07) is 11.6. The number of rotatable bonds is 10. The Kier molecular flexibility index (Phi) is 8.83. The van der Waals surface area contributed by atoms with Crippen molar-refractivity contribution >= 4 is 23.4 Å². The van der Waals surface area contributed by atoms with Gasteiger partial charge in [0, 0.05) is 61.9 Å².